The zero-order valence-electron chi connectivity index (χ0n) is 13.5. The number of hydrogen-bond acceptors (Lipinski definition) is 5. The number of amides is 1. The number of alkyl halides is 3. The maximum atomic E-state index is 12.8. The molecule has 1 aromatic carbocycles. The van der Waals surface area contributed by atoms with Crippen molar-refractivity contribution in [2.24, 2.45) is 0 Å². The monoisotopic (exact) mass is 383 g/mol. The summed E-state index contributed by atoms with van der Waals surface area (Å²) in [5.74, 6) is -1.32. The van der Waals surface area contributed by atoms with Gasteiger partial charge < -0.3 is 15.0 Å². The maximum absolute atomic E-state index is 12.8. The Morgan fingerprint density at radius 2 is 1.92 bits per heavy atom. The Kier molecular flexibility index (Phi) is 4.45. The van der Waals surface area contributed by atoms with Crippen molar-refractivity contribution in [2.45, 2.75) is 13.1 Å². The third-order valence-electron chi connectivity index (χ3n) is 3.62. The SMILES string of the molecule is COc1ccc(NC(=O)c2sc3nc(C(F)(F)F)[nH]c(=O)c3c2C)cc1. The summed E-state index contributed by atoms with van der Waals surface area (Å²) in [6.07, 6.45) is -4.78. The molecule has 0 saturated carbocycles. The quantitative estimate of drug-likeness (QED) is 0.724. The molecule has 0 aliphatic rings. The van der Waals surface area contributed by atoms with Crippen molar-refractivity contribution in [1.29, 1.82) is 0 Å². The average molecular weight is 383 g/mol. The number of nitrogens with zero attached hydrogens (tertiary/aromatic N) is 1. The van der Waals surface area contributed by atoms with Gasteiger partial charge in [-0.25, -0.2) is 4.98 Å². The van der Waals surface area contributed by atoms with Crippen LogP contribution >= 0.6 is 11.3 Å². The second-order valence-electron chi connectivity index (χ2n) is 5.33. The zero-order valence-corrected chi connectivity index (χ0v) is 14.3. The van der Waals surface area contributed by atoms with E-state index in [0.717, 1.165) is 11.3 Å². The van der Waals surface area contributed by atoms with Gasteiger partial charge in [-0.05, 0) is 36.8 Å². The highest BCUT2D eigenvalue weighted by molar-refractivity contribution is 7.20. The van der Waals surface area contributed by atoms with Crippen molar-refractivity contribution >= 4 is 33.1 Å². The minimum Gasteiger partial charge on any atom is -0.497 e. The third-order valence-corrected chi connectivity index (χ3v) is 4.81. The van der Waals surface area contributed by atoms with E-state index < -0.39 is 23.5 Å². The molecule has 0 fully saturated rings. The molecule has 2 N–H and O–H groups in total. The second kappa shape index (κ2) is 6.45. The highest BCUT2D eigenvalue weighted by atomic mass is 32.1. The van der Waals surface area contributed by atoms with E-state index in [1.54, 1.807) is 29.2 Å². The van der Waals surface area contributed by atoms with E-state index in [9.17, 15) is 22.8 Å². The summed E-state index contributed by atoms with van der Waals surface area (Å²) in [6, 6.07) is 6.53. The molecule has 3 aromatic rings. The number of anilines is 1. The number of carbonyl (C=O) groups is 1. The van der Waals surface area contributed by atoms with Crippen LogP contribution in [0.5, 0.6) is 5.75 Å². The van der Waals surface area contributed by atoms with Gasteiger partial charge in [-0.15, -0.1) is 11.3 Å². The Hall–Kier alpha value is -2.88. The van der Waals surface area contributed by atoms with E-state index in [1.165, 1.54) is 14.0 Å². The summed E-state index contributed by atoms with van der Waals surface area (Å²) in [4.78, 5) is 29.6. The van der Waals surface area contributed by atoms with E-state index in [4.69, 9.17) is 4.74 Å². The topological polar surface area (TPSA) is 84.1 Å². The minimum atomic E-state index is -4.78. The van der Waals surface area contributed by atoms with Crippen LogP contribution in [0.2, 0.25) is 0 Å². The molecule has 0 unspecified atom stereocenters. The molecule has 136 valence electrons. The number of nitrogens with one attached hydrogen (secondary N) is 2. The lowest BCUT2D eigenvalue weighted by atomic mass is 10.2. The summed E-state index contributed by atoms with van der Waals surface area (Å²) in [6.45, 7) is 1.49. The molecule has 0 spiro atoms. The first-order chi connectivity index (χ1) is 12.2. The summed E-state index contributed by atoms with van der Waals surface area (Å²) >= 11 is 0.736. The number of aromatic amines is 1. The Morgan fingerprint density at radius 1 is 1.27 bits per heavy atom. The number of hydrogen-bond donors (Lipinski definition) is 2. The number of carbonyl (C=O) groups excluding carboxylic acids is 1. The first-order valence-electron chi connectivity index (χ1n) is 7.26. The Morgan fingerprint density at radius 3 is 2.50 bits per heavy atom. The van der Waals surface area contributed by atoms with Crippen LogP contribution in [-0.4, -0.2) is 23.0 Å². The van der Waals surface area contributed by atoms with Crippen molar-refractivity contribution in [2.75, 3.05) is 12.4 Å². The summed E-state index contributed by atoms with van der Waals surface area (Å²) < 4.78 is 43.4. The van der Waals surface area contributed by atoms with Crippen LogP contribution in [0.1, 0.15) is 21.1 Å². The van der Waals surface area contributed by atoms with Gasteiger partial charge >= 0.3 is 6.18 Å². The molecule has 0 saturated heterocycles. The number of halogens is 3. The number of H-pyrrole nitrogens is 1. The summed E-state index contributed by atoms with van der Waals surface area (Å²) in [7, 11) is 1.51. The van der Waals surface area contributed by atoms with Gasteiger partial charge in [0.2, 0.25) is 5.82 Å². The van der Waals surface area contributed by atoms with Crippen LogP contribution in [0.3, 0.4) is 0 Å². The summed E-state index contributed by atoms with van der Waals surface area (Å²) in [5.41, 5.74) is -0.177. The number of aryl methyl sites for hydroxylation is 1. The second-order valence-corrected chi connectivity index (χ2v) is 6.33. The Labute approximate surface area is 148 Å². The normalized spacial score (nSPS) is 11.6. The number of methoxy groups -OCH3 is 1. The standard InChI is InChI=1S/C16H12F3N3O3S/c1-7-10-12(23)21-15(16(17,18)19)22-14(10)26-11(7)13(24)20-8-3-5-9(25-2)6-4-8/h3-6H,1-2H3,(H,20,24)(H,21,22,23). The lowest BCUT2D eigenvalue weighted by Gasteiger charge is -2.05. The molecule has 0 aliphatic carbocycles. The lowest BCUT2D eigenvalue weighted by molar-refractivity contribution is -0.144. The van der Waals surface area contributed by atoms with Crippen LogP contribution < -0.4 is 15.6 Å². The fourth-order valence-electron chi connectivity index (χ4n) is 2.36. The fraction of sp³-hybridized carbons (Fsp3) is 0.188. The molecule has 10 heteroatoms. The van der Waals surface area contributed by atoms with Gasteiger partial charge in [0.05, 0.1) is 17.4 Å². The van der Waals surface area contributed by atoms with E-state index >= 15 is 0 Å². The molecular weight excluding hydrogens is 371 g/mol. The van der Waals surface area contributed by atoms with Crippen molar-refractivity contribution in [3.63, 3.8) is 0 Å². The number of benzene rings is 1. The molecule has 1 amide bonds. The van der Waals surface area contributed by atoms with Gasteiger partial charge in [-0.2, -0.15) is 13.2 Å². The molecular formula is C16H12F3N3O3S. The first kappa shape index (κ1) is 17.9. The predicted molar refractivity (Wildman–Crippen MR) is 90.9 cm³/mol. The molecule has 0 bridgehead atoms. The molecule has 26 heavy (non-hydrogen) atoms. The van der Waals surface area contributed by atoms with Gasteiger partial charge in [-0.3, -0.25) is 9.59 Å². The number of aromatic nitrogens is 2. The number of fused-ring (bicyclic) bond motifs is 1. The summed E-state index contributed by atoms with van der Waals surface area (Å²) in [5, 5.41) is 2.60. The van der Waals surface area contributed by atoms with Crippen LogP contribution in [0, 0.1) is 6.92 Å². The average Bonchev–Trinajstić information content (AvgIpc) is 2.92. The van der Waals surface area contributed by atoms with E-state index in [-0.39, 0.29) is 20.7 Å². The van der Waals surface area contributed by atoms with Crippen molar-refractivity contribution in [1.82, 2.24) is 9.97 Å². The molecule has 0 aliphatic heterocycles. The van der Waals surface area contributed by atoms with E-state index in [2.05, 4.69) is 10.3 Å². The van der Waals surface area contributed by atoms with E-state index in [0.29, 0.717) is 11.4 Å². The van der Waals surface area contributed by atoms with Crippen molar-refractivity contribution < 1.29 is 22.7 Å². The predicted octanol–water partition coefficient (Wildman–Crippen LogP) is 3.57. The fourth-order valence-corrected chi connectivity index (χ4v) is 3.43. The smallest absolute Gasteiger partial charge is 0.449 e. The van der Waals surface area contributed by atoms with Gasteiger partial charge in [0.25, 0.3) is 11.5 Å². The minimum absolute atomic E-state index is 0.0251. The van der Waals surface area contributed by atoms with Crippen LogP contribution in [0.15, 0.2) is 29.1 Å². The third kappa shape index (κ3) is 3.27. The lowest BCUT2D eigenvalue weighted by Crippen LogP contribution is -2.18. The van der Waals surface area contributed by atoms with Gasteiger partial charge in [-0.1, -0.05) is 0 Å². The highest BCUT2D eigenvalue weighted by Gasteiger charge is 2.35. The van der Waals surface area contributed by atoms with Crippen molar-refractivity contribution in [3.05, 3.63) is 50.9 Å². The van der Waals surface area contributed by atoms with Gasteiger partial charge in [0.15, 0.2) is 0 Å². The van der Waals surface area contributed by atoms with Gasteiger partial charge in [0, 0.05) is 5.69 Å². The highest BCUT2D eigenvalue weighted by Crippen LogP contribution is 2.31. The molecule has 6 nitrogen and oxygen atoms in total. The van der Waals surface area contributed by atoms with Crippen LogP contribution in [-0.2, 0) is 6.18 Å². The molecule has 0 atom stereocenters. The number of ether oxygens (including phenoxy) is 1. The van der Waals surface area contributed by atoms with E-state index in [1.807, 2.05) is 0 Å². The van der Waals surface area contributed by atoms with Gasteiger partial charge in [0.1, 0.15) is 10.6 Å². The van der Waals surface area contributed by atoms with Crippen LogP contribution in [0.25, 0.3) is 10.2 Å². The largest absolute Gasteiger partial charge is 0.497 e. The Bertz CT molecular complexity index is 1040. The van der Waals surface area contributed by atoms with Crippen molar-refractivity contribution in [3.8, 4) is 5.75 Å². The Balaban J connectivity index is 1.99. The molecule has 2 heterocycles. The molecule has 0 radical (unpaired) electrons. The first-order valence-corrected chi connectivity index (χ1v) is 8.08. The number of thiophene rings is 1. The number of rotatable bonds is 3. The maximum Gasteiger partial charge on any atom is 0.449 e. The molecule has 3 rings (SSSR count). The molecule has 2 aromatic heterocycles. The van der Waals surface area contributed by atoms with Crippen LogP contribution in [0.4, 0.5) is 18.9 Å². The zero-order chi connectivity index (χ0) is 19.1.